The maximum absolute atomic E-state index is 12.6. The topological polar surface area (TPSA) is 50.2 Å². The summed E-state index contributed by atoms with van der Waals surface area (Å²) in [7, 11) is 0. The highest BCUT2D eigenvalue weighted by atomic mass is 16.1. The number of H-pyrrole nitrogens is 1. The molecule has 2 aromatic rings. The van der Waals surface area contributed by atoms with Crippen LogP contribution < -0.4 is 5.56 Å². The largest absolute Gasteiger partial charge is 0.293 e. The molecule has 104 valence electrons. The lowest BCUT2D eigenvalue weighted by molar-refractivity contribution is 0.712. The van der Waals surface area contributed by atoms with E-state index < -0.39 is 0 Å². The first-order valence-electron chi connectivity index (χ1n) is 6.98. The van der Waals surface area contributed by atoms with Crippen LogP contribution in [0.15, 0.2) is 10.9 Å². The van der Waals surface area contributed by atoms with Gasteiger partial charge in [-0.1, -0.05) is 41.5 Å². The van der Waals surface area contributed by atoms with Gasteiger partial charge in [0.15, 0.2) is 5.65 Å². The lowest BCUT2D eigenvalue weighted by Gasteiger charge is -2.13. The van der Waals surface area contributed by atoms with Crippen LogP contribution >= 0.6 is 0 Å². The van der Waals surface area contributed by atoms with E-state index in [1.807, 2.05) is 19.9 Å². The molecule has 0 unspecified atom stereocenters. The molecule has 0 aliphatic heterocycles. The maximum atomic E-state index is 12.6. The van der Waals surface area contributed by atoms with E-state index in [-0.39, 0.29) is 17.4 Å². The quantitative estimate of drug-likeness (QED) is 0.920. The number of hydrogen-bond donors (Lipinski definition) is 1. The summed E-state index contributed by atoms with van der Waals surface area (Å²) in [4.78, 5) is 17.3. The average Bonchev–Trinajstić information content (AvgIpc) is 2.72. The second-order valence-corrected chi connectivity index (χ2v) is 6.09. The molecular formula is C15H23N3O. The Bertz CT molecular complexity index is 647. The van der Waals surface area contributed by atoms with E-state index in [4.69, 9.17) is 4.98 Å². The predicted molar refractivity (Wildman–Crippen MR) is 78.1 cm³/mol. The molecular weight excluding hydrogens is 238 g/mol. The molecule has 2 rings (SSSR count). The fourth-order valence-corrected chi connectivity index (χ4v) is 2.35. The summed E-state index contributed by atoms with van der Waals surface area (Å²) in [6.45, 7) is 12.5. The van der Waals surface area contributed by atoms with E-state index in [0.29, 0.717) is 5.92 Å². The summed E-state index contributed by atoms with van der Waals surface area (Å²) >= 11 is 0. The van der Waals surface area contributed by atoms with Crippen LogP contribution in [-0.4, -0.2) is 14.6 Å². The van der Waals surface area contributed by atoms with Crippen molar-refractivity contribution in [2.45, 2.75) is 59.3 Å². The third-order valence-electron chi connectivity index (χ3n) is 3.45. The van der Waals surface area contributed by atoms with Gasteiger partial charge in [-0.2, -0.15) is 0 Å². The molecule has 0 aliphatic carbocycles. The fraction of sp³-hybridized carbons (Fsp3) is 0.600. The van der Waals surface area contributed by atoms with Gasteiger partial charge in [0.1, 0.15) is 0 Å². The second-order valence-electron chi connectivity index (χ2n) is 6.09. The molecule has 0 fully saturated rings. The molecule has 1 N–H and O–H groups in total. The lowest BCUT2D eigenvalue weighted by Crippen LogP contribution is -2.24. The number of aromatic amines is 1. The molecule has 2 heterocycles. The first-order valence-corrected chi connectivity index (χ1v) is 6.98. The van der Waals surface area contributed by atoms with Crippen LogP contribution in [0.4, 0.5) is 0 Å². The molecule has 2 aromatic heterocycles. The lowest BCUT2D eigenvalue weighted by atomic mass is 9.96. The highest BCUT2D eigenvalue weighted by Gasteiger charge is 2.19. The van der Waals surface area contributed by atoms with Gasteiger partial charge < -0.3 is 0 Å². The van der Waals surface area contributed by atoms with Gasteiger partial charge in [-0.25, -0.2) is 9.50 Å². The molecule has 0 spiro atoms. The Morgan fingerprint density at radius 1 is 1.05 bits per heavy atom. The molecule has 19 heavy (non-hydrogen) atoms. The summed E-state index contributed by atoms with van der Waals surface area (Å²) < 4.78 is 1.58. The van der Waals surface area contributed by atoms with Crippen molar-refractivity contribution in [3.8, 4) is 0 Å². The molecule has 0 saturated carbocycles. The minimum Gasteiger partial charge on any atom is -0.293 e. The summed E-state index contributed by atoms with van der Waals surface area (Å²) in [6.07, 6.45) is 0. The molecule has 0 bridgehead atoms. The Labute approximate surface area is 113 Å². The molecule has 0 radical (unpaired) electrons. The van der Waals surface area contributed by atoms with E-state index >= 15 is 0 Å². The number of fused-ring (bicyclic) bond motifs is 1. The molecule has 0 aromatic carbocycles. The normalized spacial score (nSPS) is 12.3. The summed E-state index contributed by atoms with van der Waals surface area (Å²) in [6, 6.07) is 1.97. The molecule has 0 amide bonds. The zero-order valence-electron chi connectivity index (χ0n) is 12.6. The van der Waals surface area contributed by atoms with Crippen LogP contribution in [0.25, 0.3) is 5.65 Å². The van der Waals surface area contributed by atoms with E-state index in [0.717, 1.165) is 22.6 Å². The van der Waals surface area contributed by atoms with Crippen molar-refractivity contribution in [1.29, 1.82) is 0 Å². The van der Waals surface area contributed by atoms with Crippen LogP contribution in [0.3, 0.4) is 0 Å². The van der Waals surface area contributed by atoms with Crippen molar-refractivity contribution >= 4 is 5.65 Å². The van der Waals surface area contributed by atoms with Crippen molar-refractivity contribution < 1.29 is 0 Å². The van der Waals surface area contributed by atoms with Crippen molar-refractivity contribution in [2.75, 3.05) is 0 Å². The van der Waals surface area contributed by atoms with E-state index in [1.165, 1.54) is 0 Å². The third-order valence-corrected chi connectivity index (χ3v) is 3.45. The first kappa shape index (κ1) is 13.8. The molecule has 0 saturated heterocycles. The Morgan fingerprint density at radius 2 is 1.68 bits per heavy atom. The maximum Gasteiger partial charge on any atom is 0.276 e. The van der Waals surface area contributed by atoms with Gasteiger partial charge >= 0.3 is 0 Å². The SMILES string of the molecule is CC(C)c1cc2nc(C(C)C)c(C(C)C)c(=O)n2[nH]1. The average molecular weight is 261 g/mol. The summed E-state index contributed by atoms with van der Waals surface area (Å²) in [5, 5.41) is 3.17. The Kier molecular flexibility index (Phi) is 3.52. The van der Waals surface area contributed by atoms with Gasteiger partial charge in [0.05, 0.1) is 5.69 Å². The van der Waals surface area contributed by atoms with Crippen molar-refractivity contribution in [2.24, 2.45) is 0 Å². The van der Waals surface area contributed by atoms with Gasteiger partial charge in [-0.05, 0) is 17.8 Å². The smallest absolute Gasteiger partial charge is 0.276 e. The van der Waals surface area contributed by atoms with Gasteiger partial charge in [0.2, 0.25) is 0 Å². The van der Waals surface area contributed by atoms with Crippen LogP contribution in [-0.2, 0) is 0 Å². The number of rotatable bonds is 3. The highest BCUT2D eigenvalue weighted by molar-refractivity contribution is 5.43. The number of nitrogens with zero attached hydrogens (tertiary/aromatic N) is 2. The number of aromatic nitrogens is 3. The van der Waals surface area contributed by atoms with Gasteiger partial charge in [0, 0.05) is 17.3 Å². The van der Waals surface area contributed by atoms with Crippen LogP contribution in [0.1, 0.15) is 76.2 Å². The third kappa shape index (κ3) is 2.31. The minimum absolute atomic E-state index is 0.0376. The van der Waals surface area contributed by atoms with Gasteiger partial charge in [-0.3, -0.25) is 9.89 Å². The molecule has 0 atom stereocenters. The van der Waals surface area contributed by atoms with Gasteiger partial charge in [-0.15, -0.1) is 0 Å². The van der Waals surface area contributed by atoms with Crippen LogP contribution in [0.2, 0.25) is 0 Å². The first-order chi connectivity index (χ1) is 8.82. The van der Waals surface area contributed by atoms with E-state index in [9.17, 15) is 4.79 Å². The predicted octanol–water partition coefficient (Wildman–Crippen LogP) is 3.39. The van der Waals surface area contributed by atoms with Crippen molar-refractivity contribution in [1.82, 2.24) is 14.6 Å². The zero-order valence-corrected chi connectivity index (χ0v) is 12.6. The van der Waals surface area contributed by atoms with E-state index in [1.54, 1.807) is 4.52 Å². The summed E-state index contributed by atoms with van der Waals surface area (Å²) in [5.74, 6) is 0.790. The highest BCUT2D eigenvalue weighted by Crippen LogP contribution is 2.23. The molecule has 4 heteroatoms. The Balaban J connectivity index is 2.82. The van der Waals surface area contributed by atoms with Gasteiger partial charge in [0.25, 0.3) is 5.56 Å². The van der Waals surface area contributed by atoms with Crippen molar-refractivity contribution in [3.05, 3.63) is 33.4 Å². The second kappa shape index (κ2) is 4.83. The molecule has 4 nitrogen and oxygen atoms in total. The fourth-order valence-electron chi connectivity index (χ4n) is 2.35. The standard InChI is InChI=1S/C15H23N3O/c1-8(2)11-7-12-16-14(10(5)6)13(9(3)4)15(19)18(12)17-11/h7-10,17H,1-6H3. The number of hydrogen-bond acceptors (Lipinski definition) is 2. The Morgan fingerprint density at radius 3 is 2.16 bits per heavy atom. The van der Waals surface area contributed by atoms with E-state index in [2.05, 4.69) is 32.8 Å². The number of nitrogens with one attached hydrogen (secondary N) is 1. The van der Waals surface area contributed by atoms with Crippen LogP contribution in [0, 0.1) is 0 Å². The minimum atomic E-state index is 0.0376. The monoisotopic (exact) mass is 261 g/mol. The summed E-state index contributed by atoms with van der Waals surface area (Å²) in [5.41, 5.74) is 3.55. The Hall–Kier alpha value is -1.58. The zero-order chi connectivity index (χ0) is 14.3. The molecule has 0 aliphatic rings. The van der Waals surface area contributed by atoms with Crippen LogP contribution in [0.5, 0.6) is 0 Å². The van der Waals surface area contributed by atoms with Crippen molar-refractivity contribution in [3.63, 3.8) is 0 Å².